The van der Waals surface area contributed by atoms with Crippen LogP contribution in [-0.4, -0.2) is 32.6 Å². The van der Waals surface area contributed by atoms with Gasteiger partial charge in [0.2, 0.25) is 5.82 Å². The minimum absolute atomic E-state index is 0.0721. The number of benzene rings is 2. The van der Waals surface area contributed by atoms with E-state index in [1.54, 1.807) is 35.0 Å². The van der Waals surface area contributed by atoms with E-state index in [0.29, 0.717) is 22.4 Å². The molecule has 0 bridgehead atoms. The Balaban J connectivity index is 1.47. The van der Waals surface area contributed by atoms with Crippen molar-refractivity contribution < 1.29 is 13.6 Å². The Morgan fingerprint density at radius 1 is 1.16 bits per heavy atom. The fourth-order valence-electron chi connectivity index (χ4n) is 2.75. The molecule has 0 radical (unpaired) electrons. The number of amides is 1. The van der Waals surface area contributed by atoms with Gasteiger partial charge in [0, 0.05) is 0 Å². The van der Waals surface area contributed by atoms with Gasteiger partial charge in [0.25, 0.3) is 5.91 Å². The number of carbonyl (C=O) groups excluding carboxylic acids is 1. The second-order valence-electron chi connectivity index (χ2n) is 6.59. The average Bonchev–Trinajstić information content (AvgIpc) is 3.44. The molecule has 7 nitrogen and oxygen atoms in total. The lowest BCUT2D eigenvalue weighted by molar-refractivity contribution is -0.118. The van der Waals surface area contributed by atoms with E-state index >= 15 is 0 Å². The number of nitrogens with one attached hydrogen (secondary N) is 1. The fraction of sp³-hybridized carbons (Fsp3) is 0.0909. The number of carbonyl (C=O) groups is 1. The molecule has 2 heterocycles. The maximum Gasteiger partial charge on any atom is 0.250 e. The van der Waals surface area contributed by atoms with E-state index in [4.69, 9.17) is 4.42 Å². The van der Waals surface area contributed by atoms with Crippen molar-refractivity contribution in [2.75, 3.05) is 5.75 Å². The van der Waals surface area contributed by atoms with E-state index in [-0.39, 0.29) is 17.5 Å². The molecule has 0 fully saturated rings. The lowest BCUT2D eigenvalue weighted by atomic mass is 10.2. The van der Waals surface area contributed by atoms with Crippen molar-refractivity contribution in [3.8, 4) is 17.3 Å². The summed E-state index contributed by atoms with van der Waals surface area (Å²) in [5, 5.41) is 12.8. The van der Waals surface area contributed by atoms with E-state index in [1.165, 1.54) is 30.2 Å². The average molecular weight is 435 g/mol. The molecule has 0 saturated heterocycles. The van der Waals surface area contributed by atoms with Gasteiger partial charge in [-0.2, -0.15) is 5.10 Å². The third-order valence-electron chi connectivity index (χ3n) is 4.27. The highest BCUT2D eigenvalue weighted by Crippen LogP contribution is 2.28. The molecule has 9 heteroatoms. The van der Waals surface area contributed by atoms with Crippen molar-refractivity contribution in [2.45, 2.75) is 12.1 Å². The van der Waals surface area contributed by atoms with Gasteiger partial charge in [-0.05, 0) is 48.9 Å². The third kappa shape index (κ3) is 5.07. The molecule has 0 aliphatic heterocycles. The highest BCUT2D eigenvalue weighted by Gasteiger charge is 2.19. The van der Waals surface area contributed by atoms with Crippen molar-refractivity contribution in [3.63, 3.8) is 0 Å². The highest BCUT2D eigenvalue weighted by atomic mass is 32.2. The van der Waals surface area contributed by atoms with Crippen LogP contribution in [0.15, 0.2) is 81.6 Å². The van der Waals surface area contributed by atoms with Crippen LogP contribution in [0.5, 0.6) is 0 Å². The number of nitrogens with zero attached hydrogens (tertiary/aromatic N) is 4. The smallest absolute Gasteiger partial charge is 0.250 e. The molecule has 31 heavy (non-hydrogen) atoms. The van der Waals surface area contributed by atoms with Gasteiger partial charge in [-0.25, -0.2) is 9.82 Å². The quantitative estimate of drug-likeness (QED) is 0.267. The number of furan rings is 1. The minimum atomic E-state index is -0.351. The Kier molecular flexibility index (Phi) is 6.23. The van der Waals surface area contributed by atoms with Crippen molar-refractivity contribution >= 4 is 23.9 Å². The van der Waals surface area contributed by atoms with Gasteiger partial charge in [0.15, 0.2) is 10.9 Å². The summed E-state index contributed by atoms with van der Waals surface area (Å²) < 4.78 is 20.5. The summed E-state index contributed by atoms with van der Waals surface area (Å²) in [5.74, 6) is 0.397. The monoisotopic (exact) mass is 435 g/mol. The summed E-state index contributed by atoms with van der Waals surface area (Å²) in [4.78, 5) is 12.2. The van der Waals surface area contributed by atoms with Crippen molar-refractivity contribution in [1.82, 2.24) is 20.2 Å². The lowest BCUT2D eigenvalue weighted by Crippen LogP contribution is -2.20. The number of hydrazone groups is 1. The van der Waals surface area contributed by atoms with Gasteiger partial charge < -0.3 is 4.42 Å². The van der Waals surface area contributed by atoms with Crippen LogP contribution in [0.25, 0.3) is 17.3 Å². The Hall–Kier alpha value is -3.72. The Morgan fingerprint density at radius 3 is 2.65 bits per heavy atom. The van der Waals surface area contributed by atoms with Crippen molar-refractivity contribution in [3.05, 3.63) is 83.9 Å². The molecule has 2 aromatic carbocycles. The van der Waals surface area contributed by atoms with Gasteiger partial charge in [0.05, 0.1) is 23.9 Å². The summed E-state index contributed by atoms with van der Waals surface area (Å²) in [6, 6.07) is 17.2. The van der Waals surface area contributed by atoms with Crippen molar-refractivity contribution in [1.29, 1.82) is 0 Å². The number of hydrogen-bond acceptors (Lipinski definition) is 6. The first-order valence-corrected chi connectivity index (χ1v) is 10.4. The van der Waals surface area contributed by atoms with Crippen LogP contribution in [-0.2, 0) is 4.79 Å². The van der Waals surface area contributed by atoms with Crippen LogP contribution in [0.4, 0.5) is 4.39 Å². The molecule has 0 unspecified atom stereocenters. The summed E-state index contributed by atoms with van der Waals surface area (Å²) >= 11 is 1.19. The van der Waals surface area contributed by atoms with Gasteiger partial charge in [-0.1, -0.05) is 41.6 Å². The summed E-state index contributed by atoms with van der Waals surface area (Å²) in [6.07, 6.45) is 3.11. The predicted octanol–water partition coefficient (Wildman–Crippen LogP) is 4.22. The molecule has 0 aliphatic carbocycles. The SMILES string of the molecule is Cc1ccc(C=NNC(=O)CSc2nnc(-c3ccco3)n2-c2ccc(F)cc2)cc1. The first-order valence-electron chi connectivity index (χ1n) is 9.37. The summed E-state index contributed by atoms with van der Waals surface area (Å²) in [5.41, 5.74) is 5.19. The second-order valence-corrected chi connectivity index (χ2v) is 7.53. The summed E-state index contributed by atoms with van der Waals surface area (Å²) in [6.45, 7) is 2.00. The van der Waals surface area contributed by atoms with Gasteiger partial charge >= 0.3 is 0 Å². The zero-order valence-corrected chi connectivity index (χ0v) is 17.3. The molecule has 0 atom stereocenters. The fourth-order valence-corrected chi connectivity index (χ4v) is 3.49. The molecule has 1 amide bonds. The Morgan fingerprint density at radius 2 is 1.94 bits per heavy atom. The standard InChI is InChI=1S/C22H18FN5O2S/c1-15-4-6-16(7-5-15)13-24-25-20(29)14-31-22-27-26-21(19-3-2-12-30-19)28(22)18-10-8-17(23)9-11-18/h2-13H,14H2,1H3,(H,25,29). The molecule has 1 N–H and O–H groups in total. The lowest BCUT2D eigenvalue weighted by Gasteiger charge is -2.09. The molecule has 2 aromatic heterocycles. The number of halogens is 1. The molecule has 0 spiro atoms. The third-order valence-corrected chi connectivity index (χ3v) is 5.20. The molecular formula is C22H18FN5O2S. The van der Waals surface area contributed by atoms with E-state index in [1.807, 2.05) is 31.2 Å². The van der Waals surface area contributed by atoms with Gasteiger partial charge in [0.1, 0.15) is 5.82 Å². The molecule has 4 rings (SSSR count). The van der Waals surface area contributed by atoms with Crippen LogP contribution in [0, 0.1) is 12.7 Å². The Bertz CT molecular complexity index is 1190. The first-order chi connectivity index (χ1) is 15.1. The van der Waals surface area contributed by atoms with Crippen LogP contribution >= 0.6 is 11.8 Å². The molecule has 0 aliphatic rings. The topological polar surface area (TPSA) is 85.3 Å². The van der Waals surface area contributed by atoms with Crippen LogP contribution < -0.4 is 5.43 Å². The molecule has 0 saturated carbocycles. The van der Waals surface area contributed by atoms with Gasteiger partial charge in [-0.3, -0.25) is 9.36 Å². The van der Waals surface area contributed by atoms with E-state index in [0.717, 1.165) is 11.1 Å². The maximum absolute atomic E-state index is 13.4. The second kappa shape index (κ2) is 9.40. The summed E-state index contributed by atoms with van der Waals surface area (Å²) in [7, 11) is 0. The number of rotatable bonds is 7. The Labute approximate surface area is 182 Å². The highest BCUT2D eigenvalue weighted by molar-refractivity contribution is 7.99. The van der Waals surface area contributed by atoms with E-state index in [9.17, 15) is 9.18 Å². The predicted molar refractivity (Wildman–Crippen MR) is 117 cm³/mol. The molecule has 4 aromatic rings. The number of aryl methyl sites for hydroxylation is 1. The molecular weight excluding hydrogens is 417 g/mol. The van der Waals surface area contributed by atoms with Crippen LogP contribution in [0.2, 0.25) is 0 Å². The number of thioether (sulfide) groups is 1. The van der Waals surface area contributed by atoms with Crippen LogP contribution in [0.1, 0.15) is 11.1 Å². The van der Waals surface area contributed by atoms with E-state index in [2.05, 4.69) is 20.7 Å². The normalized spacial score (nSPS) is 11.2. The number of hydrogen-bond donors (Lipinski definition) is 1. The molecule has 156 valence electrons. The number of aromatic nitrogens is 3. The van der Waals surface area contributed by atoms with Crippen molar-refractivity contribution in [2.24, 2.45) is 5.10 Å². The van der Waals surface area contributed by atoms with Crippen LogP contribution in [0.3, 0.4) is 0 Å². The van der Waals surface area contributed by atoms with E-state index < -0.39 is 0 Å². The maximum atomic E-state index is 13.4. The zero-order valence-electron chi connectivity index (χ0n) is 16.5. The van der Waals surface area contributed by atoms with Gasteiger partial charge in [-0.15, -0.1) is 10.2 Å². The zero-order chi connectivity index (χ0) is 21.6. The first kappa shape index (κ1) is 20.5. The largest absolute Gasteiger partial charge is 0.461 e. The minimum Gasteiger partial charge on any atom is -0.461 e.